The van der Waals surface area contributed by atoms with Gasteiger partial charge in [0.1, 0.15) is 9.84 Å². The number of hydrogen-bond donors (Lipinski definition) is 1. The fourth-order valence-corrected chi connectivity index (χ4v) is 1.55. The number of aliphatic hydroxyl groups is 1. The van der Waals surface area contributed by atoms with Crippen molar-refractivity contribution in [3.8, 4) is 0 Å². The lowest BCUT2D eigenvalue weighted by molar-refractivity contribution is -0.146. The topological polar surface area (TPSA) is 57.6 Å². The summed E-state index contributed by atoms with van der Waals surface area (Å²) in [7, 11) is -3.28. The van der Waals surface area contributed by atoms with Crippen LogP contribution in [0.2, 0.25) is 0 Å². The summed E-state index contributed by atoms with van der Waals surface area (Å²) in [4.78, 5) is 0.862. The molecule has 0 aliphatic carbocycles. The molecule has 8 heteroatoms. The van der Waals surface area contributed by atoms with Crippen molar-refractivity contribution in [2.45, 2.75) is 6.18 Å². The van der Waals surface area contributed by atoms with Gasteiger partial charge in [0.05, 0.1) is 18.9 Å². The zero-order valence-corrected chi connectivity index (χ0v) is 9.11. The molecule has 0 saturated heterocycles. The van der Waals surface area contributed by atoms with E-state index < -0.39 is 29.2 Å². The summed E-state index contributed by atoms with van der Waals surface area (Å²) in [5.41, 5.74) is 0. The first-order valence-electron chi connectivity index (χ1n) is 4.22. The Labute approximate surface area is 86.6 Å². The molecule has 15 heavy (non-hydrogen) atoms. The minimum absolute atomic E-state index is 0.185. The standard InChI is InChI=1S/C7H14F3NO3S/c1-15(13,14)5-3-11(2-4-12)6-7(8,9)10/h12H,2-6H2,1H3. The van der Waals surface area contributed by atoms with Gasteiger partial charge in [-0.15, -0.1) is 0 Å². The summed E-state index contributed by atoms with van der Waals surface area (Å²) in [5, 5.41) is 8.50. The molecule has 0 aliphatic heterocycles. The Hall–Kier alpha value is -0.340. The van der Waals surface area contributed by atoms with E-state index in [1.54, 1.807) is 0 Å². The molecule has 0 aromatic carbocycles. The van der Waals surface area contributed by atoms with Crippen LogP contribution < -0.4 is 0 Å². The van der Waals surface area contributed by atoms with Crippen LogP contribution in [0.5, 0.6) is 0 Å². The minimum atomic E-state index is -4.38. The van der Waals surface area contributed by atoms with Gasteiger partial charge in [-0.25, -0.2) is 8.42 Å². The van der Waals surface area contributed by atoms with Crippen LogP contribution in [0.4, 0.5) is 13.2 Å². The van der Waals surface area contributed by atoms with Gasteiger partial charge in [-0.2, -0.15) is 13.2 Å². The second-order valence-corrected chi connectivity index (χ2v) is 5.50. The van der Waals surface area contributed by atoms with E-state index in [1.165, 1.54) is 0 Å². The summed E-state index contributed by atoms with van der Waals surface area (Å²) in [5.74, 6) is -0.344. The fraction of sp³-hybridized carbons (Fsp3) is 1.00. The number of sulfone groups is 1. The maximum absolute atomic E-state index is 12.0. The van der Waals surface area contributed by atoms with Crippen LogP contribution in [0.25, 0.3) is 0 Å². The van der Waals surface area contributed by atoms with E-state index in [0.29, 0.717) is 0 Å². The predicted octanol–water partition coefficient (Wildman–Crippen LogP) is -0.112. The van der Waals surface area contributed by atoms with Crippen molar-refractivity contribution in [3.05, 3.63) is 0 Å². The predicted molar refractivity (Wildman–Crippen MR) is 49.3 cm³/mol. The van der Waals surface area contributed by atoms with E-state index in [-0.39, 0.29) is 18.8 Å². The average Bonchev–Trinajstić information content (AvgIpc) is 1.96. The van der Waals surface area contributed by atoms with Gasteiger partial charge < -0.3 is 5.11 Å². The van der Waals surface area contributed by atoms with Gasteiger partial charge in [0.2, 0.25) is 0 Å². The van der Waals surface area contributed by atoms with Crippen LogP contribution in [0, 0.1) is 0 Å². The molecular weight excluding hydrogens is 235 g/mol. The Morgan fingerprint density at radius 2 is 1.80 bits per heavy atom. The molecule has 0 aliphatic rings. The fourth-order valence-electron chi connectivity index (χ4n) is 0.960. The molecule has 0 aromatic rings. The van der Waals surface area contributed by atoms with E-state index in [4.69, 9.17) is 5.11 Å². The van der Waals surface area contributed by atoms with Crippen molar-refractivity contribution in [1.82, 2.24) is 4.90 Å². The minimum Gasteiger partial charge on any atom is -0.395 e. The quantitative estimate of drug-likeness (QED) is 0.713. The van der Waals surface area contributed by atoms with Gasteiger partial charge in [-0.1, -0.05) is 0 Å². The van der Waals surface area contributed by atoms with Crippen molar-refractivity contribution in [2.75, 3.05) is 38.2 Å². The number of aliphatic hydroxyl groups excluding tert-OH is 1. The van der Waals surface area contributed by atoms with E-state index in [9.17, 15) is 21.6 Å². The largest absolute Gasteiger partial charge is 0.401 e. The molecule has 0 spiro atoms. The first-order chi connectivity index (χ1) is 6.64. The van der Waals surface area contributed by atoms with Gasteiger partial charge in [0.15, 0.2) is 0 Å². The van der Waals surface area contributed by atoms with Crippen LogP contribution in [-0.4, -0.2) is 62.9 Å². The van der Waals surface area contributed by atoms with Crippen LogP contribution in [-0.2, 0) is 9.84 Å². The molecule has 0 radical (unpaired) electrons. The van der Waals surface area contributed by atoms with E-state index in [0.717, 1.165) is 11.2 Å². The van der Waals surface area contributed by atoms with Crippen molar-refractivity contribution in [3.63, 3.8) is 0 Å². The molecule has 0 heterocycles. The van der Waals surface area contributed by atoms with Gasteiger partial charge in [0, 0.05) is 19.3 Å². The molecule has 0 aromatic heterocycles. The number of hydrogen-bond acceptors (Lipinski definition) is 4. The van der Waals surface area contributed by atoms with E-state index in [1.807, 2.05) is 0 Å². The smallest absolute Gasteiger partial charge is 0.395 e. The summed E-state index contributed by atoms with van der Waals surface area (Å²) < 4.78 is 57.4. The van der Waals surface area contributed by atoms with Gasteiger partial charge in [-0.3, -0.25) is 4.90 Å². The molecule has 4 nitrogen and oxygen atoms in total. The van der Waals surface area contributed by atoms with Crippen molar-refractivity contribution >= 4 is 9.84 Å². The third kappa shape index (κ3) is 9.95. The Bertz CT molecular complexity index is 276. The summed E-state index contributed by atoms with van der Waals surface area (Å²) in [6.07, 6.45) is -3.43. The second kappa shape index (κ2) is 5.66. The van der Waals surface area contributed by atoms with Crippen LogP contribution in [0.3, 0.4) is 0 Å². The number of halogens is 3. The average molecular weight is 249 g/mol. The molecule has 0 bridgehead atoms. The highest BCUT2D eigenvalue weighted by molar-refractivity contribution is 7.90. The third-order valence-electron chi connectivity index (χ3n) is 1.60. The van der Waals surface area contributed by atoms with E-state index >= 15 is 0 Å². The Kier molecular flexibility index (Phi) is 5.54. The zero-order chi connectivity index (χ0) is 12.1. The molecule has 0 fully saturated rings. The molecule has 0 amide bonds. The lowest BCUT2D eigenvalue weighted by Gasteiger charge is -2.21. The van der Waals surface area contributed by atoms with Gasteiger partial charge >= 0.3 is 6.18 Å². The Morgan fingerprint density at radius 1 is 1.27 bits per heavy atom. The summed E-state index contributed by atoms with van der Waals surface area (Å²) >= 11 is 0. The first kappa shape index (κ1) is 14.7. The van der Waals surface area contributed by atoms with Crippen molar-refractivity contribution in [1.29, 1.82) is 0 Å². The monoisotopic (exact) mass is 249 g/mol. The number of nitrogens with zero attached hydrogens (tertiary/aromatic N) is 1. The number of alkyl halides is 3. The molecule has 0 atom stereocenters. The Morgan fingerprint density at radius 3 is 2.13 bits per heavy atom. The highest BCUT2D eigenvalue weighted by Gasteiger charge is 2.30. The third-order valence-corrected chi connectivity index (χ3v) is 2.52. The highest BCUT2D eigenvalue weighted by Crippen LogP contribution is 2.16. The first-order valence-corrected chi connectivity index (χ1v) is 6.28. The number of rotatable bonds is 6. The maximum atomic E-state index is 12.0. The summed E-state index contributed by atoms with van der Waals surface area (Å²) in [6, 6.07) is 0. The van der Waals surface area contributed by atoms with Crippen LogP contribution in [0.15, 0.2) is 0 Å². The lowest BCUT2D eigenvalue weighted by Crippen LogP contribution is -2.38. The molecule has 0 unspecified atom stereocenters. The molecule has 0 rings (SSSR count). The van der Waals surface area contributed by atoms with Crippen molar-refractivity contribution < 1.29 is 26.7 Å². The maximum Gasteiger partial charge on any atom is 0.401 e. The van der Waals surface area contributed by atoms with Gasteiger partial charge in [0.25, 0.3) is 0 Å². The van der Waals surface area contributed by atoms with Crippen LogP contribution in [0.1, 0.15) is 0 Å². The lowest BCUT2D eigenvalue weighted by atomic mass is 10.4. The van der Waals surface area contributed by atoms with E-state index in [2.05, 4.69) is 0 Å². The molecule has 0 saturated carbocycles. The Balaban J connectivity index is 4.17. The van der Waals surface area contributed by atoms with Crippen molar-refractivity contribution in [2.24, 2.45) is 0 Å². The normalized spacial score (nSPS) is 13.5. The van der Waals surface area contributed by atoms with Gasteiger partial charge in [-0.05, 0) is 0 Å². The molecule has 1 N–H and O–H groups in total. The SMILES string of the molecule is CS(=O)(=O)CCN(CCO)CC(F)(F)F. The summed E-state index contributed by atoms with van der Waals surface area (Å²) in [6.45, 7) is -2.04. The molecular formula is C7H14F3NO3S. The molecule has 92 valence electrons. The van der Waals surface area contributed by atoms with Crippen LogP contribution >= 0.6 is 0 Å². The second-order valence-electron chi connectivity index (χ2n) is 3.24. The highest BCUT2D eigenvalue weighted by atomic mass is 32.2. The zero-order valence-electron chi connectivity index (χ0n) is 8.29.